The van der Waals surface area contributed by atoms with Gasteiger partial charge in [0, 0.05) is 30.8 Å². The number of allylic oxidation sites excluding steroid dienone is 1. The number of alkyl halides is 2. The molecular weight excluding hydrogens is 538 g/mol. The van der Waals surface area contributed by atoms with Gasteiger partial charge in [-0.2, -0.15) is 0 Å². The Morgan fingerprint density at radius 2 is 1.85 bits per heavy atom. The number of epoxide rings is 1. The first-order valence-corrected chi connectivity index (χ1v) is 14.1. The van der Waals surface area contributed by atoms with E-state index in [1.807, 2.05) is 4.90 Å². The van der Waals surface area contributed by atoms with Crippen LogP contribution in [0.3, 0.4) is 0 Å². The van der Waals surface area contributed by atoms with Gasteiger partial charge >= 0.3 is 0 Å². The molecule has 3 N–H and O–H groups in total. The van der Waals surface area contributed by atoms with Gasteiger partial charge in [0.15, 0.2) is 5.78 Å². The number of hydrogen-bond acceptors (Lipinski definition) is 8. The van der Waals surface area contributed by atoms with Crippen molar-refractivity contribution in [2.45, 2.75) is 62.8 Å². The number of carbonyl (C=O) groups excluding carboxylic acids is 3. The summed E-state index contributed by atoms with van der Waals surface area (Å²) in [5.41, 5.74) is -0.0388. The van der Waals surface area contributed by atoms with Crippen molar-refractivity contribution in [1.29, 1.82) is 0 Å². The number of Topliss-reactive ketones (excluding diaryl/α,β-unsaturated/α-hetero) is 1. The van der Waals surface area contributed by atoms with Gasteiger partial charge in [-0.3, -0.25) is 19.3 Å². The lowest BCUT2D eigenvalue weighted by atomic mass is 9.67. The van der Waals surface area contributed by atoms with Gasteiger partial charge < -0.3 is 30.2 Å². The van der Waals surface area contributed by atoms with E-state index in [9.17, 15) is 23.2 Å². The van der Waals surface area contributed by atoms with Gasteiger partial charge in [0.2, 0.25) is 11.8 Å². The van der Waals surface area contributed by atoms with Gasteiger partial charge in [-0.05, 0) is 50.3 Å². The summed E-state index contributed by atoms with van der Waals surface area (Å²) in [4.78, 5) is 41.1. The van der Waals surface area contributed by atoms with Gasteiger partial charge in [-0.25, -0.2) is 8.78 Å². The van der Waals surface area contributed by atoms with Gasteiger partial charge in [0.05, 0.1) is 45.6 Å². The molecule has 3 fully saturated rings. The van der Waals surface area contributed by atoms with Crippen molar-refractivity contribution < 1.29 is 37.4 Å². The zero-order valence-corrected chi connectivity index (χ0v) is 23.6. The Labute approximate surface area is 238 Å². The van der Waals surface area contributed by atoms with E-state index in [4.69, 9.17) is 14.2 Å². The Morgan fingerprint density at radius 1 is 1.17 bits per heavy atom. The van der Waals surface area contributed by atoms with Crippen molar-refractivity contribution in [3.8, 4) is 5.75 Å². The second-order valence-electron chi connectivity index (χ2n) is 11.5. The number of fused-ring (bicyclic) bond motifs is 1. The first-order chi connectivity index (χ1) is 19.5. The fraction of sp³-hybridized carbons (Fsp3) is 0.621. The van der Waals surface area contributed by atoms with Gasteiger partial charge in [0.1, 0.15) is 17.4 Å². The molecule has 1 saturated carbocycles. The lowest BCUT2D eigenvalue weighted by Crippen LogP contribution is -2.59. The molecule has 5 rings (SSSR count). The number of benzene rings is 1. The van der Waals surface area contributed by atoms with Crippen LogP contribution in [0.15, 0.2) is 35.5 Å². The van der Waals surface area contributed by atoms with Crippen molar-refractivity contribution in [2.75, 3.05) is 46.6 Å². The number of carbonyl (C=O) groups is 3. The maximum atomic E-state index is 15.0. The predicted molar refractivity (Wildman–Crippen MR) is 144 cm³/mol. The molecule has 5 unspecified atom stereocenters. The SMILES string of the molecule is COc1ccc(CC(NC(=O)C(C)NC(=O)CN2CCOCC2)C2=C3C(CC(C(=O)C4(C)CO4)N2)CC3(F)F)cc1. The van der Waals surface area contributed by atoms with Gasteiger partial charge in [-0.15, -0.1) is 0 Å². The fourth-order valence-electron chi connectivity index (χ4n) is 5.83. The number of halogens is 2. The molecule has 4 aliphatic rings. The number of methoxy groups -OCH3 is 1. The third-order valence-electron chi connectivity index (χ3n) is 8.37. The Balaban J connectivity index is 1.36. The maximum absolute atomic E-state index is 15.0. The van der Waals surface area contributed by atoms with Crippen molar-refractivity contribution in [1.82, 2.24) is 20.9 Å². The number of rotatable bonds is 11. The van der Waals surface area contributed by atoms with E-state index in [1.54, 1.807) is 45.2 Å². The molecule has 3 aliphatic heterocycles. The van der Waals surface area contributed by atoms with Crippen molar-refractivity contribution >= 4 is 17.6 Å². The van der Waals surface area contributed by atoms with E-state index < -0.39 is 41.5 Å². The topological polar surface area (TPSA) is 122 Å². The van der Waals surface area contributed by atoms with Crippen molar-refractivity contribution in [3.05, 3.63) is 41.1 Å². The minimum atomic E-state index is -3.04. The molecule has 2 amide bonds. The van der Waals surface area contributed by atoms with Crippen LogP contribution in [0, 0.1) is 5.92 Å². The molecular formula is C29H38F2N4O6. The Kier molecular flexibility index (Phi) is 8.36. The average Bonchev–Trinajstić information content (AvgIpc) is 3.70. The summed E-state index contributed by atoms with van der Waals surface area (Å²) in [6.07, 6.45) is 0.100. The lowest BCUT2D eigenvalue weighted by molar-refractivity contribution is -0.130. The molecule has 12 heteroatoms. The lowest BCUT2D eigenvalue weighted by Gasteiger charge is -2.48. The molecule has 0 aromatic heterocycles. The number of nitrogens with one attached hydrogen (secondary N) is 3. The molecule has 1 aliphatic carbocycles. The molecule has 0 radical (unpaired) electrons. The van der Waals surface area contributed by atoms with Crippen LogP contribution in [0.5, 0.6) is 5.75 Å². The number of amides is 2. The summed E-state index contributed by atoms with van der Waals surface area (Å²) >= 11 is 0. The number of nitrogens with zero attached hydrogens (tertiary/aromatic N) is 1. The Hall–Kier alpha value is -3.09. The van der Waals surface area contributed by atoms with Crippen molar-refractivity contribution in [2.24, 2.45) is 5.92 Å². The van der Waals surface area contributed by atoms with Crippen LogP contribution in [-0.4, -0.2) is 98.7 Å². The van der Waals surface area contributed by atoms with Gasteiger partial charge in [0.25, 0.3) is 5.92 Å². The highest BCUT2D eigenvalue weighted by molar-refractivity contribution is 5.94. The molecule has 1 aromatic rings. The average molecular weight is 577 g/mol. The van der Waals surface area contributed by atoms with Gasteiger partial charge in [-0.1, -0.05) is 12.1 Å². The first kappa shape index (κ1) is 29.4. The summed E-state index contributed by atoms with van der Waals surface area (Å²) in [5.74, 6) is -3.88. The number of hydrogen-bond donors (Lipinski definition) is 3. The molecule has 3 heterocycles. The third-order valence-corrected chi connectivity index (χ3v) is 8.37. The monoisotopic (exact) mass is 576 g/mol. The largest absolute Gasteiger partial charge is 0.497 e. The Bertz CT molecular complexity index is 1200. The van der Waals surface area contributed by atoms with Crippen LogP contribution in [0.2, 0.25) is 0 Å². The van der Waals surface area contributed by atoms with E-state index >= 15 is 0 Å². The molecule has 1 aromatic carbocycles. The second kappa shape index (κ2) is 11.7. The molecule has 5 atom stereocenters. The van der Waals surface area contributed by atoms with Crippen LogP contribution in [0.4, 0.5) is 8.78 Å². The first-order valence-electron chi connectivity index (χ1n) is 14.1. The maximum Gasteiger partial charge on any atom is 0.272 e. The number of morpholine rings is 1. The quantitative estimate of drug-likeness (QED) is 0.336. The standard InChI is InChI=1S/C29H38F2N4O6/c1-17(32-23(36)15-35-8-10-40-11-9-35)27(38)34-21(12-18-4-6-20(39-3)7-5-18)25-24-19(14-29(24,30)31)13-22(33-25)26(37)28(2)16-41-28/h4-7,17,19,21-22,33H,8-16H2,1-3H3,(H,32,36)(H,34,38). The van der Waals surface area contributed by atoms with Crippen LogP contribution >= 0.6 is 0 Å². The van der Waals surface area contributed by atoms with E-state index in [0.717, 1.165) is 5.56 Å². The number of ketones is 1. The van der Waals surface area contributed by atoms with E-state index in [-0.39, 0.29) is 48.8 Å². The molecule has 2 saturated heterocycles. The minimum absolute atomic E-state index is 0.0637. The summed E-state index contributed by atoms with van der Waals surface area (Å²) in [5, 5.41) is 8.70. The highest BCUT2D eigenvalue weighted by Gasteiger charge is 2.59. The van der Waals surface area contributed by atoms with Crippen LogP contribution in [0.1, 0.15) is 32.3 Å². The van der Waals surface area contributed by atoms with Crippen molar-refractivity contribution in [3.63, 3.8) is 0 Å². The highest BCUT2D eigenvalue weighted by Crippen LogP contribution is 2.53. The molecule has 41 heavy (non-hydrogen) atoms. The van der Waals surface area contributed by atoms with E-state index in [2.05, 4.69) is 16.0 Å². The number of ether oxygens (including phenoxy) is 3. The zero-order valence-electron chi connectivity index (χ0n) is 23.6. The molecule has 224 valence electrons. The summed E-state index contributed by atoms with van der Waals surface area (Å²) in [7, 11) is 1.55. The summed E-state index contributed by atoms with van der Waals surface area (Å²) < 4.78 is 45.8. The third kappa shape index (κ3) is 6.54. The van der Waals surface area contributed by atoms with E-state index in [0.29, 0.717) is 38.7 Å². The predicted octanol–water partition coefficient (Wildman–Crippen LogP) is 1.19. The highest BCUT2D eigenvalue weighted by atomic mass is 19.3. The molecule has 0 spiro atoms. The zero-order chi connectivity index (χ0) is 29.4. The van der Waals surface area contributed by atoms with Crippen LogP contribution in [-0.2, 0) is 30.3 Å². The fourth-order valence-corrected chi connectivity index (χ4v) is 5.83. The Morgan fingerprint density at radius 3 is 2.46 bits per heavy atom. The molecule has 10 nitrogen and oxygen atoms in total. The van der Waals surface area contributed by atoms with Crippen LogP contribution in [0.25, 0.3) is 0 Å². The minimum Gasteiger partial charge on any atom is -0.497 e. The van der Waals surface area contributed by atoms with Crippen LogP contribution < -0.4 is 20.7 Å². The second-order valence-corrected chi connectivity index (χ2v) is 11.5. The summed E-state index contributed by atoms with van der Waals surface area (Å²) in [6, 6.07) is 4.62. The summed E-state index contributed by atoms with van der Waals surface area (Å²) in [6.45, 7) is 6.02. The van der Waals surface area contributed by atoms with E-state index in [1.165, 1.54) is 0 Å². The molecule has 0 bridgehead atoms. The normalized spacial score (nSPS) is 28.3. The smallest absolute Gasteiger partial charge is 0.272 e.